The molecule has 1 fully saturated rings. The molecule has 3 rings (SSSR count). The predicted molar refractivity (Wildman–Crippen MR) is 77.8 cm³/mol. The van der Waals surface area contributed by atoms with E-state index >= 15 is 0 Å². The molecule has 5 heteroatoms. The minimum atomic E-state index is 0.235. The summed E-state index contributed by atoms with van der Waals surface area (Å²) in [6.45, 7) is 6.06. The molecule has 1 N–H and O–H groups in total. The van der Waals surface area contributed by atoms with Gasteiger partial charge >= 0.3 is 0 Å². The van der Waals surface area contributed by atoms with Crippen molar-refractivity contribution < 1.29 is 4.74 Å². The summed E-state index contributed by atoms with van der Waals surface area (Å²) in [5.74, 6) is 0. The van der Waals surface area contributed by atoms with E-state index in [1.807, 2.05) is 0 Å². The van der Waals surface area contributed by atoms with E-state index in [1.165, 1.54) is 12.1 Å². The molecular weight excluding hydrogens is 258 g/mol. The molecule has 19 heavy (non-hydrogen) atoms. The summed E-state index contributed by atoms with van der Waals surface area (Å²) >= 11 is 1.69. The minimum absolute atomic E-state index is 0.235. The van der Waals surface area contributed by atoms with Crippen LogP contribution in [0.25, 0.3) is 4.96 Å². The van der Waals surface area contributed by atoms with Crippen LogP contribution in [0.4, 0.5) is 0 Å². The van der Waals surface area contributed by atoms with Crippen LogP contribution >= 0.6 is 11.3 Å². The van der Waals surface area contributed by atoms with Crippen LogP contribution in [0, 0.1) is 5.41 Å². The van der Waals surface area contributed by atoms with Crippen molar-refractivity contribution in [3.05, 3.63) is 23.5 Å². The lowest BCUT2D eigenvalue weighted by Gasteiger charge is -2.26. The van der Waals surface area contributed by atoms with Crippen molar-refractivity contribution in [1.82, 2.24) is 14.7 Å². The Kier molecular flexibility index (Phi) is 3.86. The molecule has 0 spiro atoms. The summed E-state index contributed by atoms with van der Waals surface area (Å²) in [4.78, 5) is 5.80. The van der Waals surface area contributed by atoms with E-state index in [1.54, 1.807) is 11.3 Å². The van der Waals surface area contributed by atoms with Crippen molar-refractivity contribution in [1.29, 1.82) is 0 Å². The minimum Gasteiger partial charge on any atom is -0.381 e. The fourth-order valence-electron chi connectivity index (χ4n) is 2.77. The van der Waals surface area contributed by atoms with Crippen LogP contribution in [-0.4, -0.2) is 35.7 Å². The highest BCUT2D eigenvalue weighted by molar-refractivity contribution is 7.15. The molecule has 2 aromatic heterocycles. The zero-order valence-corrected chi connectivity index (χ0v) is 12.2. The van der Waals surface area contributed by atoms with Gasteiger partial charge in [-0.25, -0.2) is 4.98 Å². The number of aromatic nitrogens is 2. The number of hydrogen-bond acceptors (Lipinski definition) is 4. The van der Waals surface area contributed by atoms with E-state index in [9.17, 15) is 0 Å². The zero-order chi connectivity index (χ0) is 13.1. The van der Waals surface area contributed by atoms with Crippen molar-refractivity contribution in [2.45, 2.75) is 26.2 Å². The molecule has 1 aliphatic heterocycles. The highest BCUT2D eigenvalue weighted by Crippen LogP contribution is 2.32. The summed E-state index contributed by atoms with van der Waals surface area (Å²) in [7, 11) is 0. The predicted octanol–water partition coefficient (Wildman–Crippen LogP) is 2.34. The van der Waals surface area contributed by atoms with Crippen LogP contribution in [0.5, 0.6) is 0 Å². The molecule has 3 heterocycles. The second-order valence-corrected chi connectivity index (χ2v) is 6.35. The fraction of sp³-hybridized carbons (Fsp3) is 0.643. The van der Waals surface area contributed by atoms with Gasteiger partial charge in [0.25, 0.3) is 0 Å². The Bertz CT molecular complexity index is 499. The number of imidazole rings is 1. The normalized spacial score (nSPS) is 23.4. The largest absolute Gasteiger partial charge is 0.381 e. The van der Waals surface area contributed by atoms with Crippen molar-refractivity contribution in [3.8, 4) is 0 Å². The van der Waals surface area contributed by atoms with E-state index in [0.29, 0.717) is 0 Å². The third-order valence-corrected chi connectivity index (χ3v) is 4.58. The van der Waals surface area contributed by atoms with Crippen LogP contribution in [0.15, 0.2) is 17.8 Å². The Morgan fingerprint density at radius 2 is 2.53 bits per heavy atom. The number of ether oxygens (including phenoxy) is 1. The molecule has 1 aliphatic rings. The molecule has 0 aromatic carbocycles. The van der Waals surface area contributed by atoms with Gasteiger partial charge in [-0.2, -0.15) is 0 Å². The third-order valence-electron chi connectivity index (χ3n) is 3.81. The SMILES string of the molecule is CCCNCC1(Cc2cn3ccsc3n2)CCOC1. The average Bonchev–Trinajstić information content (AvgIpc) is 3.06. The molecular formula is C14H21N3OS. The number of rotatable bonds is 6. The summed E-state index contributed by atoms with van der Waals surface area (Å²) in [5, 5.41) is 5.63. The van der Waals surface area contributed by atoms with Gasteiger partial charge < -0.3 is 10.1 Å². The van der Waals surface area contributed by atoms with Crippen molar-refractivity contribution >= 4 is 16.3 Å². The van der Waals surface area contributed by atoms with Crippen LogP contribution in [0.3, 0.4) is 0 Å². The monoisotopic (exact) mass is 279 g/mol. The first-order chi connectivity index (χ1) is 9.31. The van der Waals surface area contributed by atoms with Crippen LogP contribution in [0.1, 0.15) is 25.5 Å². The summed E-state index contributed by atoms with van der Waals surface area (Å²) in [6, 6.07) is 0. The van der Waals surface area contributed by atoms with Crippen molar-refractivity contribution in [2.24, 2.45) is 5.41 Å². The smallest absolute Gasteiger partial charge is 0.193 e. The van der Waals surface area contributed by atoms with Gasteiger partial charge in [0, 0.05) is 42.8 Å². The molecule has 0 aliphatic carbocycles. The van der Waals surface area contributed by atoms with Gasteiger partial charge in [0.2, 0.25) is 0 Å². The van der Waals surface area contributed by atoms with E-state index < -0.39 is 0 Å². The quantitative estimate of drug-likeness (QED) is 0.825. The van der Waals surface area contributed by atoms with E-state index in [0.717, 1.165) is 44.1 Å². The third kappa shape index (κ3) is 2.83. The molecule has 4 nitrogen and oxygen atoms in total. The van der Waals surface area contributed by atoms with Gasteiger partial charge in [0.05, 0.1) is 12.3 Å². The molecule has 0 amide bonds. The van der Waals surface area contributed by atoms with Crippen molar-refractivity contribution in [2.75, 3.05) is 26.3 Å². The van der Waals surface area contributed by atoms with Gasteiger partial charge in [-0.3, -0.25) is 4.40 Å². The average molecular weight is 279 g/mol. The molecule has 1 atom stereocenters. The lowest BCUT2D eigenvalue weighted by Crippen LogP contribution is -2.37. The topological polar surface area (TPSA) is 38.6 Å². The summed E-state index contributed by atoms with van der Waals surface area (Å²) in [6.07, 6.45) is 7.56. The number of nitrogens with one attached hydrogen (secondary N) is 1. The molecule has 1 unspecified atom stereocenters. The summed E-state index contributed by atoms with van der Waals surface area (Å²) in [5.41, 5.74) is 1.43. The number of hydrogen-bond donors (Lipinski definition) is 1. The van der Waals surface area contributed by atoms with E-state index in [4.69, 9.17) is 9.72 Å². The molecule has 1 saturated heterocycles. The maximum Gasteiger partial charge on any atom is 0.193 e. The second kappa shape index (κ2) is 5.61. The second-order valence-electron chi connectivity index (χ2n) is 5.48. The van der Waals surface area contributed by atoms with Gasteiger partial charge in [0.1, 0.15) is 0 Å². The Balaban J connectivity index is 1.71. The maximum absolute atomic E-state index is 5.65. The van der Waals surface area contributed by atoms with Crippen LogP contribution < -0.4 is 5.32 Å². The lowest BCUT2D eigenvalue weighted by molar-refractivity contribution is 0.149. The number of fused-ring (bicyclic) bond motifs is 1. The fourth-order valence-corrected chi connectivity index (χ4v) is 3.49. The van der Waals surface area contributed by atoms with Gasteiger partial charge in [-0.1, -0.05) is 6.92 Å². The van der Waals surface area contributed by atoms with Gasteiger partial charge in [0.15, 0.2) is 4.96 Å². The Labute approximate surface area is 117 Å². The summed E-state index contributed by atoms with van der Waals surface area (Å²) < 4.78 is 7.76. The highest BCUT2D eigenvalue weighted by atomic mass is 32.1. The molecule has 0 bridgehead atoms. The lowest BCUT2D eigenvalue weighted by atomic mass is 9.82. The molecule has 0 radical (unpaired) electrons. The maximum atomic E-state index is 5.65. The van der Waals surface area contributed by atoms with Gasteiger partial charge in [-0.05, 0) is 19.4 Å². The zero-order valence-electron chi connectivity index (χ0n) is 11.4. The van der Waals surface area contributed by atoms with E-state index in [-0.39, 0.29) is 5.41 Å². The molecule has 104 valence electrons. The number of thiazole rings is 1. The standard InChI is InChI=1S/C14H21N3OS/c1-2-4-15-10-14(3-6-18-11-14)8-12-9-17-5-7-19-13(17)16-12/h5,7,9,15H,2-4,6,8,10-11H2,1H3. The first-order valence-electron chi connectivity index (χ1n) is 7.01. The molecule has 0 saturated carbocycles. The van der Waals surface area contributed by atoms with Crippen molar-refractivity contribution in [3.63, 3.8) is 0 Å². The Hall–Kier alpha value is -0.910. The van der Waals surface area contributed by atoms with Gasteiger partial charge in [-0.15, -0.1) is 11.3 Å². The van der Waals surface area contributed by atoms with E-state index in [2.05, 4.69) is 34.4 Å². The number of nitrogens with zero attached hydrogens (tertiary/aromatic N) is 2. The Morgan fingerprint density at radius 1 is 1.58 bits per heavy atom. The molecule has 2 aromatic rings. The Morgan fingerprint density at radius 3 is 3.26 bits per heavy atom. The first-order valence-corrected chi connectivity index (χ1v) is 7.89. The highest BCUT2D eigenvalue weighted by Gasteiger charge is 2.35. The van der Waals surface area contributed by atoms with Crippen LogP contribution in [0.2, 0.25) is 0 Å². The van der Waals surface area contributed by atoms with Crippen LogP contribution in [-0.2, 0) is 11.2 Å². The first kappa shape index (κ1) is 13.1.